The minimum absolute atomic E-state index is 0.0146. The highest BCUT2D eigenvalue weighted by atomic mass is 32.2. The molecule has 2 saturated heterocycles. The van der Waals surface area contributed by atoms with Crippen LogP contribution in [0.2, 0.25) is 0 Å². The molecule has 2 aliphatic rings. The third-order valence-electron chi connectivity index (χ3n) is 5.86. The molecule has 0 aromatic heterocycles. The summed E-state index contributed by atoms with van der Waals surface area (Å²) < 4.78 is 76.0. The number of rotatable bonds is 7. The fourth-order valence-corrected chi connectivity index (χ4v) is 6.44. The first-order valence-corrected chi connectivity index (χ1v) is 14.9. The molecule has 3 unspecified atom stereocenters. The lowest BCUT2D eigenvalue weighted by Gasteiger charge is -2.22. The van der Waals surface area contributed by atoms with E-state index in [4.69, 9.17) is 14.2 Å². The van der Waals surface area contributed by atoms with E-state index < -0.39 is 58.0 Å². The second kappa shape index (κ2) is 12.2. The molecule has 0 spiro atoms. The molecule has 2 heterocycles. The largest absolute Gasteiger partial charge is 0.743 e. The molecule has 0 saturated carbocycles. The molecule has 41 heavy (non-hydrogen) atoms. The molecule has 2 fully saturated rings. The predicted octanol–water partition coefficient (Wildman–Crippen LogP) is 3.90. The van der Waals surface area contributed by atoms with Crippen molar-refractivity contribution in [2.24, 2.45) is 0 Å². The molecule has 3 aromatic rings. The Morgan fingerprint density at radius 3 is 1.76 bits per heavy atom. The third kappa shape index (κ3) is 7.11. The zero-order valence-electron chi connectivity index (χ0n) is 21.8. The van der Waals surface area contributed by atoms with E-state index in [1.807, 2.05) is 0 Å². The molecule has 5 rings (SSSR count). The maximum atomic E-state index is 12.9. The number of esters is 2. The van der Waals surface area contributed by atoms with Crippen LogP contribution in [-0.4, -0.2) is 60.9 Å². The van der Waals surface area contributed by atoms with Crippen LogP contribution in [0.5, 0.6) is 0 Å². The van der Waals surface area contributed by atoms with Gasteiger partial charge in [-0.1, -0.05) is 54.6 Å². The standard InChI is InChI=1S/C18H15S.C10H12F2O9S/c1-4-10-16(11-5-1)19(17-12-6-2-7-13-17)18-14-8-3-9-15-18;1-9(2)20-5-4(19-7(13)6(5)21-9)3-18-8(14)10(11,12)22(15,16)17/h1-15H;4-6H,3H2,1-2H3,(H,15,16,17)/q+1;/p-1. The van der Waals surface area contributed by atoms with Gasteiger partial charge in [-0.15, -0.1) is 0 Å². The van der Waals surface area contributed by atoms with Gasteiger partial charge in [-0.25, -0.2) is 18.0 Å². The van der Waals surface area contributed by atoms with Gasteiger partial charge >= 0.3 is 17.2 Å². The van der Waals surface area contributed by atoms with Gasteiger partial charge in [-0.3, -0.25) is 0 Å². The second-order valence-electron chi connectivity index (χ2n) is 9.31. The van der Waals surface area contributed by atoms with Crippen molar-refractivity contribution in [3.8, 4) is 0 Å². The molecule has 0 bridgehead atoms. The molecule has 3 aromatic carbocycles. The van der Waals surface area contributed by atoms with Crippen molar-refractivity contribution >= 4 is 33.0 Å². The number of alkyl halides is 2. The third-order valence-corrected chi connectivity index (χ3v) is 8.89. The summed E-state index contributed by atoms with van der Waals surface area (Å²) in [6.07, 6.45) is -3.37. The number of hydrogen-bond donors (Lipinski definition) is 0. The molecule has 9 nitrogen and oxygen atoms in total. The van der Waals surface area contributed by atoms with Gasteiger partial charge in [0.15, 0.2) is 42.8 Å². The number of fused-ring (bicyclic) bond motifs is 1. The normalized spacial score (nSPS) is 21.4. The SMILES string of the molecule is CC1(C)OC2C(=O)OC(COC(=O)C(F)(F)S(=O)(=O)[O-])C2O1.c1ccc([S+](c2ccccc2)c2ccccc2)cc1. The van der Waals surface area contributed by atoms with E-state index in [1.165, 1.54) is 28.5 Å². The molecule has 0 aliphatic carbocycles. The van der Waals surface area contributed by atoms with Gasteiger partial charge < -0.3 is 23.5 Å². The van der Waals surface area contributed by atoms with Crippen molar-refractivity contribution in [2.75, 3.05) is 6.61 Å². The van der Waals surface area contributed by atoms with Crippen LogP contribution in [0.1, 0.15) is 13.8 Å². The summed E-state index contributed by atoms with van der Waals surface area (Å²) >= 11 is 0. The number of carbonyl (C=O) groups excluding carboxylic acids is 2. The van der Waals surface area contributed by atoms with Crippen LogP contribution in [0.25, 0.3) is 0 Å². The summed E-state index contributed by atoms with van der Waals surface area (Å²) in [6.45, 7) is 2.09. The monoisotopic (exact) mass is 608 g/mol. The Bertz CT molecular complexity index is 1360. The highest BCUT2D eigenvalue weighted by Crippen LogP contribution is 2.36. The molecule has 218 valence electrons. The summed E-state index contributed by atoms with van der Waals surface area (Å²) in [6, 6.07) is 32.2. The Hall–Kier alpha value is -3.36. The number of carbonyl (C=O) groups is 2. The Morgan fingerprint density at radius 1 is 0.902 bits per heavy atom. The minimum atomic E-state index is -6.22. The number of cyclic esters (lactones) is 1. The van der Waals surface area contributed by atoms with Gasteiger partial charge in [0.1, 0.15) is 12.7 Å². The van der Waals surface area contributed by atoms with Crippen molar-refractivity contribution in [3.63, 3.8) is 0 Å². The van der Waals surface area contributed by atoms with Gasteiger partial charge in [-0.05, 0) is 50.2 Å². The highest BCUT2D eigenvalue weighted by molar-refractivity contribution is 7.97. The van der Waals surface area contributed by atoms with Crippen LogP contribution in [0.4, 0.5) is 8.78 Å². The molecular weight excluding hydrogens is 582 g/mol. The molecule has 0 N–H and O–H groups in total. The highest BCUT2D eigenvalue weighted by Gasteiger charge is 2.57. The quantitative estimate of drug-likeness (QED) is 0.223. The molecule has 3 atom stereocenters. The van der Waals surface area contributed by atoms with Crippen molar-refractivity contribution < 1.29 is 50.3 Å². The maximum absolute atomic E-state index is 12.9. The number of halogens is 2. The summed E-state index contributed by atoms with van der Waals surface area (Å²) in [5.74, 6) is -4.51. The van der Waals surface area contributed by atoms with Crippen molar-refractivity contribution in [3.05, 3.63) is 91.0 Å². The second-order valence-corrected chi connectivity index (χ2v) is 12.8. The molecule has 2 aliphatic heterocycles. The Labute approximate surface area is 238 Å². The summed E-state index contributed by atoms with van der Waals surface area (Å²) in [5.41, 5.74) is 0. The van der Waals surface area contributed by atoms with Gasteiger partial charge in [0, 0.05) is 0 Å². The van der Waals surface area contributed by atoms with Crippen molar-refractivity contribution in [1.29, 1.82) is 0 Å². The van der Waals surface area contributed by atoms with Crippen LogP contribution in [0.15, 0.2) is 106 Å². The molecular formula is C28H26F2O9S2. The van der Waals surface area contributed by atoms with E-state index >= 15 is 0 Å². The average molecular weight is 609 g/mol. The van der Waals surface area contributed by atoms with Gasteiger partial charge in [0.25, 0.3) is 0 Å². The fourth-order valence-electron chi connectivity index (χ4n) is 4.08. The topological polar surface area (TPSA) is 128 Å². The molecule has 0 radical (unpaired) electrons. The van der Waals surface area contributed by atoms with E-state index in [9.17, 15) is 31.3 Å². The molecule has 0 amide bonds. The first kappa shape index (κ1) is 30.6. The van der Waals surface area contributed by atoms with Crippen LogP contribution >= 0.6 is 0 Å². The average Bonchev–Trinajstić information content (AvgIpc) is 3.41. The zero-order chi connectivity index (χ0) is 29.8. The lowest BCUT2D eigenvalue weighted by Crippen LogP contribution is -2.41. The van der Waals surface area contributed by atoms with Crippen LogP contribution in [0.3, 0.4) is 0 Å². The maximum Gasteiger partial charge on any atom is 0.428 e. The Balaban J connectivity index is 0.000000191. The lowest BCUT2D eigenvalue weighted by atomic mass is 10.1. The van der Waals surface area contributed by atoms with Gasteiger partial charge in [0.05, 0.1) is 10.9 Å². The zero-order valence-corrected chi connectivity index (χ0v) is 23.5. The summed E-state index contributed by atoms with van der Waals surface area (Å²) in [4.78, 5) is 26.6. The van der Waals surface area contributed by atoms with Crippen LogP contribution < -0.4 is 0 Å². The Kier molecular flexibility index (Phi) is 9.14. The van der Waals surface area contributed by atoms with E-state index in [0.717, 1.165) is 0 Å². The van der Waals surface area contributed by atoms with E-state index in [1.54, 1.807) is 0 Å². The number of hydrogen-bond acceptors (Lipinski definition) is 9. The van der Waals surface area contributed by atoms with Gasteiger partial charge in [-0.2, -0.15) is 8.78 Å². The fraction of sp³-hybridized carbons (Fsp3) is 0.286. The van der Waals surface area contributed by atoms with Crippen LogP contribution in [0, 0.1) is 0 Å². The Morgan fingerprint density at radius 2 is 1.34 bits per heavy atom. The first-order chi connectivity index (χ1) is 19.3. The lowest BCUT2D eigenvalue weighted by molar-refractivity contribution is -0.193. The van der Waals surface area contributed by atoms with Crippen molar-refractivity contribution in [1.82, 2.24) is 0 Å². The number of benzene rings is 3. The summed E-state index contributed by atoms with van der Waals surface area (Å²) in [5, 5.41) is -5.23. The minimum Gasteiger partial charge on any atom is -0.743 e. The smallest absolute Gasteiger partial charge is 0.428 e. The summed E-state index contributed by atoms with van der Waals surface area (Å²) in [7, 11) is -6.23. The van der Waals surface area contributed by atoms with E-state index in [0.29, 0.717) is 0 Å². The van der Waals surface area contributed by atoms with E-state index in [-0.39, 0.29) is 10.9 Å². The molecule has 13 heteroatoms. The van der Waals surface area contributed by atoms with Crippen LogP contribution in [-0.2, 0) is 49.5 Å². The number of ether oxygens (including phenoxy) is 4. The first-order valence-electron chi connectivity index (χ1n) is 12.3. The predicted molar refractivity (Wildman–Crippen MR) is 141 cm³/mol. The van der Waals surface area contributed by atoms with Gasteiger partial charge in [0.2, 0.25) is 0 Å². The van der Waals surface area contributed by atoms with E-state index in [2.05, 4.69) is 95.7 Å². The van der Waals surface area contributed by atoms with Crippen molar-refractivity contribution in [2.45, 2.75) is 57.9 Å².